The first-order chi connectivity index (χ1) is 9.88. The van der Waals surface area contributed by atoms with Crippen LogP contribution in [-0.4, -0.2) is 15.9 Å². The highest BCUT2D eigenvalue weighted by Crippen LogP contribution is 2.26. The quantitative estimate of drug-likeness (QED) is 0.515. The second-order valence-corrected chi connectivity index (χ2v) is 4.79. The van der Waals surface area contributed by atoms with Crippen molar-refractivity contribution in [3.63, 3.8) is 0 Å². The number of phenols is 1. The van der Waals surface area contributed by atoms with E-state index in [9.17, 15) is 20.0 Å². The van der Waals surface area contributed by atoms with Crippen LogP contribution >= 0.6 is 11.6 Å². The molecule has 0 saturated heterocycles. The number of phenolic OH excluding ortho intramolecular Hbond substituents is 1. The molecule has 6 nitrogen and oxygen atoms in total. The standard InChI is InChI=1S/C14H11ClN2O4/c1-8-6-10(3-5-13(8)18)16-14(19)9-2-4-11(15)12(7-9)17(20)21/h2-7,18H,1H3,(H,16,19). The molecule has 0 aliphatic carbocycles. The number of amides is 1. The molecule has 0 spiro atoms. The van der Waals surface area contributed by atoms with E-state index in [1.165, 1.54) is 24.3 Å². The van der Waals surface area contributed by atoms with Gasteiger partial charge in [-0.1, -0.05) is 11.6 Å². The highest BCUT2D eigenvalue weighted by Gasteiger charge is 2.16. The molecular weight excluding hydrogens is 296 g/mol. The van der Waals surface area contributed by atoms with Gasteiger partial charge in [-0.05, 0) is 42.8 Å². The molecule has 0 unspecified atom stereocenters. The number of hydrogen-bond acceptors (Lipinski definition) is 4. The number of nitro groups is 1. The smallest absolute Gasteiger partial charge is 0.288 e. The van der Waals surface area contributed by atoms with E-state index < -0.39 is 10.8 Å². The molecule has 0 aliphatic heterocycles. The monoisotopic (exact) mass is 306 g/mol. The van der Waals surface area contributed by atoms with Gasteiger partial charge < -0.3 is 10.4 Å². The van der Waals surface area contributed by atoms with Crippen LogP contribution in [0.2, 0.25) is 5.02 Å². The minimum Gasteiger partial charge on any atom is -0.508 e. The second kappa shape index (κ2) is 5.80. The molecule has 7 heteroatoms. The van der Waals surface area contributed by atoms with Gasteiger partial charge in [0.2, 0.25) is 0 Å². The van der Waals surface area contributed by atoms with Crippen molar-refractivity contribution in [2.24, 2.45) is 0 Å². The lowest BCUT2D eigenvalue weighted by Crippen LogP contribution is -2.12. The molecule has 0 bridgehead atoms. The van der Waals surface area contributed by atoms with E-state index >= 15 is 0 Å². The second-order valence-electron chi connectivity index (χ2n) is 4.38. The van der Waals surface area contributed by atoms with Crippen molar-refractivity contribution in [2.45, 2.75) is 6.92 Å². The van der Waals surface area contributed by atoms with Gasteiger partial charge in [-0.2, -0.15) is 0 Å². The lowest BCUT2D eigenvalue weighted by atomic mass is 10.1. The molecule has 108 valence electrons. The van der Waals surface area contributed by atoms with E-state index in [0.717, 1.165) is 6.07 Å². The molecule has 2 N–H and O–H groups in total. The van der Waals surface area contributed by atoms with Crippen molar-refractivity contribution in [3.05, 3.63) is 62.7 Å². The number of nitrogens with zero attached hydrogens (tertiary/aromatic N) is 1. The third-order valence-electron chi connectivity index (χ3n) is 2.86. The van der Waals surface area contributed by atoms with E-state index in [2.05, 4.69) is 5.32 Å². The minimum atomic E-state index is -0.649. The molecule has 1 amide bonds. The normalized spacial score (nSPS) is 10.2. The summed E-state index contributed by atoms with van der Waals surface area (Å²) >= 11 is 5.69. The van der Waals surface area contributed by atoms with Crippen molar-refractivity contribution in [3.8, 4) is 5.75 Å². The van der Waals surface area contributed by atoms with Crippen molar-refractivity contribution >= 4 is 28.9 Å². The summed E-state index contributed by atoms with van der Waals surface area (Å²) in [5, 5.41) is 22.8. The van der Waals surface area contributed by atoms with Gasteiger partial charge in [-0.25, -0.2) is 0 Å². The number of aryl methyl sites for hydroxylation is 1. The predicted octanol–water partition coefficient (Wildman–Crippen LogP) is 3.51. The largest absolute Gasteiger partial charge is 0.508 e. The highest BCUT2D eigenvalue weighted by atomic mass is 35.5. The highest BCUT2D eigenvalue weighted by molar-refractivity contribution is 6.32. The Labute approximate surface area is 125 Å². The first-order valence-corrected chi connectivity index (χ1v) is 6.31. The molecule has 0 heterocycles. The van der Waals surface area contributed by atoms with Gasteiger partial charge in [0.05, 0.1) is 4.92 Å². The maximum Gasteiger partial charge on any atom is 0.288 e. The summed E-state index contributed by atoms with van der Waals surface area (Å²) in [6, 6.07) is 8.40. The molecule has 0 saturated carbocycles. The van der Waals surface area contributed by atoms with Crippen molar-refractivity contribution in [1.82, 2.24) is 0 Å². The topological polar surface area (TPSA) is 92.5 Å². The van der Waals surface area contributed by atoms with Gasteiger partial charge in [0, 0.05) is 17.3 Å². The summed E-state index contributed by atoms with van der Waals surface area (Å²) in [4.78, 5) is 22.2. The SMILES string of the molecule is Cc1cc(NC(=O)c2ccc(Cl)c([N+](=O)[O-])c2)ccc1O. The van der Waals surface area contributed by atoms with Gasteiger partial charge in [0.25, 0.3) is 11.6 Å². The number of halogens is 1. The lowest BCUT2D eigenvalue weighted by molar-refractivity contribution is -0.384. The zero-order valence-electron chi connectivity index (χ0n) is 11.0. The van der Waals surface area contributed by atoms with E-state index in [4.69, 9.17) is 11.6 Å². The Morgan fingerprint density at radius 2 is 2.00 bits per heavy atom. The number of anilines is 1. The fourth-order valence-electron chi connectivity index (χ4n) is 1.73. The van der Waals surface area contributed by atoms with Gasteiger partial charge in [-0.15, -0.1) is 0 Å². The summed E-state index contributed by atoms with van der Waals surface area (Å²) in [5.74, 6) is -0.380. The number of rotatable bonds is 3. The van der Waals surface area contributed by atoms with E-state index in [1.807, 2.05) is 0 Å². The zero-order valence-corrected chi connectivity index (χ0v) is 11.7. The lowest BCUT2D eigenvalue weighted by Gasteiger charge is -2.07. The molecule has 21 heavy (non-hydrogen) atoms. The summed E-state index contributed by atoms with van der Waals surface area (Å²) in [6.45, 7) is 1.69. The number of carbonyl (C=O) groups is 1. The number of hydrogen-bond donors (Lipinski definition) is 2. The van der Waals surface area contributed by atoms with Crippen molar-refractivity contribution in [2.75, 3.05) is 5.32 Å². The van der Waals surface area contributed by atoms with Crippen LogP contribution in [0.25, 0.3) is 0 Å². The van der Waals surface area contributed by atoms with Crippen LogP contribution in [0.3, 0.4) is 0 Å². The van der Waals surface area contributed by atoms with E-state index in [0.29, 0.717) is 11.3 Å². The van der Waals surface area contributed by atoms with Crippen LogP contribution < -0.4 is 5.32 Å². The Bertz CT molecular complexity index is 731. The van der Waals surface area contributed by atoms with Crippen molar-refractivity contribution < 1.29 is 14.8 Å². The number of benzene rings is 2. The number of nitro benzene ring substituents is 1. The van der Waals surface area contributed by atoms with Crippen LogP contribution in [0.1, 0.15) is 15.9 Å². The average molecular weight is 307 g/mol. The van der Waals surface area contributed by atoms with Gasteiger partial charge >= 0.3 is 0 Å². The van der Waals surface area contributed by atoms with Crippen LogP contribution in [0.4, 0.5) is 11.4 Å². The summed E-state index contributed by atoms with van der Waals surface area (Å²) in [5.41, 5.74) is 0.880. The first kappa shape index (κ1) is 14.8. The molecular formula is C14H11ClN2O4. The summed E-state index contributed by atoms with van der Waals surface area (Å²) in [6.07, 6.45) is 0. The minimum absolute atomic E-state index is 0.0305. The Morgan fingerprint density at radius 1 is 1.29 bits per heavy atom. The first-order valence-electron chi connectivity index (χ1n) is 5.93. The molecule has 0 radical (unpaired) electrons. The Kier molecular flexibility index (Phi) is 4.09. The summed E-state index contributed by atoms with van der Waals surface area (Å²) in [7, 11) is 0. The summed E-state index contributed by atoms with van der Waals surface area (Å²) < 4.78 is 0. The molecule has 2 aromatic rings. The third kappa shape index (κ3) is 3.29. The molecule has 0 aromatic heterocycles. The van der Waals surface area contributed by atoms with E-state index in [-0.39, 0.29) is 22.0 Å². The molecule has 0 aliphatic rings. The van der Waals surface area contributed by atoms with Crippen LogP contribution in [0.15, 0.2) is 36.4 Å². The van der Waals surface area contributed by atoms with Crippen LogP contribution in [0.5, 0.6) is 5.75 Å². The van der Waals surface area contributed by atoms with E-state index in [1.54, 1.807) is 13.0 Å². The maximum atomic E-state index is 12.1. The zero-order chi connectivity index (χ0) is 15.6. The number of carbonyl (C=O) groups excluding carboxylic acids is 1. The van der Waals surface area contributed by atoms with Crippen LogP contribution in [0, 0.1) is 17.0 Å². The van der Waals surface area contributed by atoms with Crippen molar-refractivity contribution in [1.29, 1.82) is 0 Å². The average Bonchev–Trinajstić information content (AvgIpc) is 2.43. The van der Waals surface area contributed by atoms with Gasteiger partial charge in [-0.3, -0.25) is 14.9 Å². The Morgan fingerprint density at radius 3 is 2.62 bits per heavy atom. The number of aromatic hydroxyl groups is 1. The molecule has 2 rings (SSSR count). The van der Waals surface area contributed by atoms with Gasteiger partial charge in [0.15, 0.2) is 0 Å². The third-order valence-corrected chi connectivity index (χ3v) is 3.18. The Hall–Kier alpha value is -2.60. The maximum absolute atomic E-state index is 12.1. The van der Waals surface area contributed by atoms with Gasteiger partial charge in [0.1, 0.15) is 10.8 Å². The molecule has 0 atom stereocenters. The Balaban J connectivity index is 2.26. The van der Waals surface area contributed by atoms with Crippen LogP contribution in [-0.2, 0) is 0 Å². The number of nitrogens with one attached hydrogen (secondary N) is 1. The molecule has 2 aromatic carbocycles. The fourth-order valence-corrected chi connectivity index (χ4v) is 1.92. The fraction of sp³-hybridized carbons (Fsp3) is 0.0714. The molecule has 0 fully saturated rings. The predicted molar refractivity (Wildman–Crippen MR) is 78.9 cm³/mol.